The van der Waals surface area contributed by atoms with Crippen molar-refractivity contribution >= 4 is 59.8 Å². The molecule has 0 aromatic rings. The third-order valence-electron chi connectivity index (χ3n) is 6.53. The van der Waals surface area contributed by atoms with Gasteiger partial charge in [0.2, 0.25) is 0 Å². The molecule has 0 saturated heterocycles. The van der Waals surface area contributed by atoms with Crippen molar-refractivity contribution in [3.63, 3.8) is 0 Å². The van der Waals surface area contributed by atoms with Crippen LogP contribution in [0.1, 0.15) is 96.8 Å². The Kier molecular flexibility index (Phi) is 21.9. The predicted octanol–water partition coefficient (Wildman–Crippen LogP) is 11.6. The van der Waals surface area contributed by atoms with Crippen LogP contribution in [0.3, 0.4) is 0 Å². The van der Waals surface area contributed by atoms with Gasteiger partial charge in [0.1, 0.15) is 0 Å². The molecule has 5 unspecified atom stereocenters. The van der Waals surface area contributed by atoms with Crippen LogP contribution in [-0.4, -0.2) is 59.9 Å². The zero-order valence-corrected chi connectivity index (χ0v) is 32.6. The van der Waals surface area contributed by atoms with Crippen LogP contribution in [0.4, 0.5) is 0 Å². The maximum absolute atomic E-state index is 7.13. The van der Waals surface area contributed by atoms with Crippen LogP contribution in [0.15, 0.2) is 0 Å². The molecular formula is C30H65Cl3O3Si3. The summed E-state index contributed by atoms with van der Waals surface area (Å²) in [6.45, 7) is 23.3. The van der Waals surface area contributed by atoms with Gasteiger partial charge in [0.15, 0.2) is 25.0 Å². The highest BCUT2D eigenvalue weighted by molar-refractivity contribution is 6.70. The van der Waals surface area contributed by atoms with E-state index >= 15 is 0 Å². The summed E-state index contributed by atoms with van der Waals surface area (Å²) in [7, 11) is -5.10. The van der Waals surface area contributed by atoms with Gasteiger partial charge in [-0.25, -0.2) is 0 Å². The van der Waals surface area contributed by atoms with Crippen LogP contribution in [0.5, 0.6) is 0 Å². The maximum Gasteiger partial charge on any atom is 0.184 e. The van der Waals surface area contributed by atoms with Crippen molar-refractivity contribution in [2.45, 2.75) is 184 Å². The van der Waals surface area contributed by atoms with Gasteiger partial charge >= 0.3 is 0 Å². The number of unbranched alkanes of at least 4 members (excludes halogenated alkanes) is 9. The van der Waals surface area contributed by atoms with Crippen molar-refractivity contribution < 1.29 is 13.3 Å². The zero-order valence-electron chi connectivity index (χ0n) is 27.4. The second kappa shape index (κ2) is 21.2. The molecule has 0 spiro atoms. The number of rotatable bonds is 25. The minimum atomic E-state index is -1.88. The standard InChI is InChI=1S/C30H65Cl3O3Si3/c1-11-12-13-20-23-27(32)29(35-38(5,6)7)30(36-39(8,9)10)28(33)25-26(31)22-19-17-15-14-16-18-21-24-34-37(2,3)4/h26-30H,11-25H2,1-10H3. The van der Waals surface area contributed by atoms with E-state index in [2.05, 4.69) is 65.8 Å². The molecule has 0 aromatic carbocycles. The predicted molar refractivity (Wildman–Crippen MR) is 185 cm³/mol. The fraction of sp³-hybridized carbons (Fsp3) is 1.00. The quantitative estimate of drug-likeness (QED) is 0.0552. The van der Waals surface area contributed by atoms with Crippen LogP contribution in [-0.2, 0) is 13.3 Å². The maximum atomic E-state index is 7.13. The van der Waals surface area contributed by atoms with Crippen LogP contribution in [0.25, 0.3) is 0 Å². The molecule has 0 aliphatic carbocycles. The summed E-state index contributed by atoms with van der Waals surface area (Å²) in [5.41, 5.74) is 0. The first-order chi connectivity index (χ1) is 17.9. The molecular weight excluding hydrogens is 599 g/mol. The molecule has 0 N–H and O–H groups in total. The third kappa shape index (κ3) is 24.5. The SMILES string of the molecule is CCCCCCC(Cl)C(O[Si](C)(C)C)C(O[Si](C)(C)C)C(Cl)CC(Cl)CCCCCCCCCO[Si](C)(C)C. The molecule has 0 radical (unpaired) electrons. The van der Waals surface area contributed by atoms with Crippen LogP contribution < -0.4 is 0 Å². The Morgan fingerprint density at radius 2 is 0.949 bits per heavy atom. The van der Waals surface area contributed by atoms with Gasteiger partial charge in [-0.05, 0) is 84.6 Å². The molecule has 236 valence electrons. The first kappa shape index (κ1) is 40.4. The summed E-state index contributed by atoms with van der Waals surface area (Å²) in [6.07, 6.45) is 15.7. The summed E-state index contributed by atoms with van der Waals surface area (Å²) in [4.78, 5) is 0. The normalized spacial score (nSPS) is 17.2. The summed E-state index contributed by atoms with van der Waals surface area (Å²) in [5, 5.41) is -0.271. The molecule has 0 fully saturated rings. The lowest BCUT2D eigenvalue weighted by Crippen LogP contribution is -2.52. The minimum Gasteiger partial charge on any atom is -0.418 e. The summed E-state index contributed by atoms with van der Waals surface area (Å²) in [5.74, 6) is 0. The fourth-order valence-corrected chi connectivity index (χ4v) is 9.02. The Morgan fingerprint density at radius 3 is 1.44 bits per heavy atom. The highest BCUT2D eigenvalue weighted by Gasteiger charge is 2.40. The van der Waals surface area contributed by atoms with E-state index in [9.17, 15) is 0 Å². The second-order valence-corrected chi connectivity index (χ2v) is 29.5. The summed E-state index contributed by atoms with van der Waals surface area (Å²) < 4.78 is 19.4. The van der Waals surface area contributed by atoms with Crippen molar-refractivity contribution in [3.8, 4) is 0 Å². The molecule has 5 atom stereocenters. The molecule has 0 aromatic heterocycles. The van der Waals surface area contributed by atoms with E-state index in [1.54, 1.807) is 0 Å². The Bertz CT molecular complexity index is 595. The lowest BCUT2D eigenvalue weighted by atomic mass is 9.98. The van der Waals surface area contributed by atoms with Gasteiger partial charge in [-0.2, -0.15) is 0 Å². The number of hydrogen-bond donors (Lipinski definition) is 0. The van der Waals surface area contributed by atoms with Gasteiger partial charge in [-0.3, -0.25) is 0 Å². The van der Waals surface area contributed by atoms with Gasteiger partial charge in [0, 0.05) is 12.0 Å². The van der Waals surface area contributed by atoms with E-state index in [0.29, 0.717) is 0 Å². The van der Waals surface area contributed by atoms with E-state index in [1.165, 1.54) is 57.8 Å². The third-order valence-corrected chi connectivity index (χ3v) is 10.8. The van der Waals surface area contributed by atoms with E-state index in [1.807, 2.05) is 0 Å². The largest absolute Gasteiger partial charge is 0.418 e. The molecule has 39 heavy (non-hydrogen) atoms. The molecule has 9 heteroatoms. The average molecular weight is 664 g/mol. The monoisotopic (exact) mass is 662 g/mol. The number of halogens is 3. The summed E-state index contributed by atoms with van der Waals surface area (Å²) in [6, 6.07) is 0. The zero-order chi connectivity index (χ0) is 30.1. The molecule has 3 nitrogen and oxygen atoms in total. The van der Waals surface area contributed by atoms with Gasteiger partial charge in [0.25, 0.3) is 0 Å². The van der Waals surface area contributed by atoms with Crippen molar-refractivity contribution in [2.24, 2.45) is 0 Å². The summed E-state index contributed by atoms with van der Waals surface area (Å²) >= 11 is 21.1. The van der Waals surface area contributed by atoms with Crippen molar-refractivity contribution in [1.29, 1.82) is 0 Å². The smallest absolute Gasteiger partial charge is 0.184 e. The fourth-order valence-electron chi connectivity index (χ4n) is 4.67. The molecule has 0 amide bonds. The molecule has 0 saturated carbocycles. The second-order valence-electron chi connectivity index (χ2n) is 14.3. The van der Waals surface area contributed by atoms with Gasteiger partial charge < -0.3 is 13.3 Å². The Hall–Kier alpha value is 1.40. The van der Waals surface area contributed by atoms with Crippen molar-refractivity contribution in [1.82, 2.24) is 0 Å². The Labute approximate surface area is 262 Å². The highest BCUT2D eigenvalue weighted by atomic mass is 35.5. The minimum absolute atomic E-state index is 0.0461. The number of hydrogen-bond acceptors (Lipinski definition) is 3. The molecule has 0 aliphatic heterocycles. The van der Waals surface area contributed by atoms with Crippen LogP contribution in [0, 0.1) is 0 Å². The van der Waals surface area contributed by atoms with Gasteiger partial charge in [-0.1, -0.05) is 71.1 Å². The lowest BCUT2D eigenvalue weighted by molar-refractivity contribution is 0.0353. The highest BCUT2D eigenvalue weighted by Crippen LogP contribution is 2.32. The first-order valence-electron chi connectivity index (χ1n) is 15.9. The molecule has 0 rings (SSSR count). The van der Waals surface area contributed by atoms with E-state index in [4.69, 9.17) is 48.1 Å². The van der Waals surface area contributed by atoms with Crippen LogP contribution in [0.2, 0.25) is 58.9 Å². The molecule has 0 heterocycles. The van der Waals surface area contributed by atoms with Crippen molar-refractivity contribution in [3.05, 3.63) is 0 Å². The topological polar surface area (TPSA) is 27.7 Å². The Morgan fingerprint density at radius 1 is 0.513 bits per heavy atom. The first-order valence-corrected chi connectivity index (χ1v) is 27.4. The van der Waals surface area contributed by atoms with Crippen molar-refractivity contribution in [2.75, 3.05) is 6.61 Å². The number of alkyl halides is 3. The van der Waals surface area contributed by atoms with Crippen LogP contribution >= 0.6 is 34.8 Å². The average Bonchev–Trinajstić information content (AvgIpc) is 2.78. The Balaban J connectivity index is 4.81. The van der Waals surface area contributed by atoms with Gasteiger partial charge in [-0.15, -0.1) is 34.8 Å². The lowest BCUT2D eigenvalue weighted by Gasteiger charge is -2.40. The van der Waals surface area contributed by atoms with Gasteiger partial charge in [0.05, 0.1) is 23.0 Å². The van der Waals surface area contributed by atoms with E-state index in [0.717, 1.165) is 38.7 Å². The molecule has 0 bridgehead atoms. The van der Waals surface area contributed by atoms with E-state index in [-0.39, 0.29) is 28.3 Å². The van der Waals surface area contributed by atoms with E-state index < -0.39 is 25.0 Å². The molecule has 0 aliphatic rings.